The molecule has 3 aliphatic rings. The zero-order valence-corrected chi connectivity index (χ0v) is 19.8. The predicted molar refractivity (Wildman–Crippen MR) is 121 cm³/mol. The van der Waals surface area contributed by atoms with Crippen molar-refractivity contribution >= 4 is 33.2 Å². The van der Waals surface area contributed by atoms with Crippen molar-refractivity contribution in [3.63, 3.8) is 0 Å². The van der Waals surface area contributed by atoms with Crippen LogP contribution in [0.3, 0.4) is 0 Å². The van der Waals surface area contributed by atoms with Crippen molar-refractivity contribution in [1.82, 2.24) is 19.8 Å². The van der Waals surface area contributed by atoms with E-state index in [2.05, 4.69) is 30.8 Å². The number of nitrogens with zero attached hydrogens (tertiary/aromatic N) is 4. The van der Waals surface area contributed by atoms with E-state index in [0.717, 1.165) is 56.0 Å². The van der Waals surface area contributed by atoms with E-state index in [1.165, 1.54) is 17.8 Å². The van der Waals surface area contributed by atoms with E-state index in [-0.39, 0.29) is 11.3 Å². The van der Waals surface area contributed by atoms with Crippen LogP contribution in [0.1, 0.15) is 28.2 Å². The number of pyridine rings is 1. The Labute approximate surface area is 194 Å². The maximum absolute atomic E-state index is 13.0. The van der Waals surface area contributed by atoms with Gasteiger partial charge in [0.25, 0.3) is 5.91 Å². The van der Waals surface area contributed by atoms with Crippen LogP contribution in [-0.2, 0) is 16.1 Å². The van der Waals surface area contributed by atoms with E-state index in [1.807, 2.05) is 23.1 Å². The number of carbonyl (C=O) groups excluding carboxylic acids is 1. The molecule has 0 aliphatic carbocycles. The van der Waals surface area contributed by atoms with Gasteiger partial charge in [0, 0.05) is 50.7 Å². The van der Waals surface area contributed by atoms with Crippen LogP contribution < -0.4 is 0 Å². The number of ether oxygens (including phenoxy) is 2. The lowest BCUT2D eigenvalue weighted by atomic mass is 9.71. The fraction of sp³-hybridized carbons (Fsp3) is 0.591. The van der Waals surface area contributed by atoms with Gasteiger partial charge >= 0.3 is 0 Å². The average molecular weight is 507 g/mol. The SMILES string of the molecule is O=C(c1cncs1)N1C[C@@H](COCc2cccc(Br)n2)C2(CN(CC3CCCO3)C2)C1. The Morgan fingerprint density at radius 3 is 3.00 bits per heavy atom. The number of aromatic nitrogens is 2. The van der Waals surface area contributed by atoms with Crippen LogP contribution in [0.25, 0.3) is 0 Å². The Morgan fingerprint density at radius 2 is 2.26 bits per heavy atom. The quantitative estimate of drug-likeness (QED) is 0.537. The second-order valence-corrected chi connectivity index (χ2v) is 10.6. The highest BCUT2D eigenvalue weighted by Crippen LogP contribution is 2.45. The molecule has 7 nitrogen and oxygen atoms in total. The first-order chi connectivity index (χ1) is 15.1. The van der Waals surface area contributed by atoms with Crippen LogP contribution >= 0.6 is 27.3 Å². The Morgan fingerprint density at radius 1 is 1.35 bits per heavy atom. The van der Waals surface area contributed by atoms with E-state index in [9.17, 15) is 4.79 Å². The molecule has 3 aliphatic heterocycles. The molecule has 1 amide bonds. The summed E-state index contributed by atoms with van der Waals surface area (Å²) in [5.41, 5.74) is 2.73. The first-order valence-electron chi connectivity index (χ1n) is 10.8. The lowest BCUT2D eigenvalue weighted by Gasteiger charge is -2.51. The van der Waals surface area contributed by atoms with E-state index < -0.39 is 0 Å². The summed E-state index contributed by atoms with van der Waals surface area (Å²) in [5, 5.41) is 0. The molecule has 0 saturated carbocycles. The third-order valence-corrected chi connectivity index (χ3v) is 7.85. The molecule has 1 unspecified atom stereocenters. The predicted octanol–water partition coefficient (Wildman–Crippen LogP) is 3.07. The van der Waals surface area contributed by atoms with Crippen LogP contribution in [0.15, 0.2) is 34.5 Å². The van der Waals surface area contributed by atoms with Gasteiger partial charge in [0.05, 0.1) is 36.7 Å². The van der Waals surface area contributed by atoms with Gasteiger partial charge in [-0.3, -0.25) is 14.7 Å². The molecule has 0 aromatic carbocycles. The molecule has 1 spiro atoms. The molecule has 3 fully saturated rings. The zero-order valence-electron chi connectivity index (χ0n) is 17.4. The topological polar surface area (TPSA) is 67.8 Å². The molecular formula is C22H27BrN4O3S. The normalized spacial score (nSPS) is 25.3. The monoisotopic (exact) mass is 506 g/mol. The van der Waals surface area contributed by atoms with Crippen molar-refractivity contribution in [2.75, 3.05) is 45.9 Å². The Kier molecular flexibility index (Phi) is 6.39. The van der Waals surface area contributed by atoms with Crippen molar-refractivity contribution in [3.05, 3.63) is 45.1 Å². The minimum atomic E-state index is 0.0932. The Bertz CT molecular complexity index is 900. The van der Waals surface area contributed by atoms with Gasteiger partial charge in [-0.15, -0.1) is 11.3 Å². The minimum absolute atomic E-state index is 0.0932. The number of thiazole rings is 1. The first kappa shape index (κ1) is 21.5. The third kappa shape index (κ3) is 4.71. The van der Waals surface area contributed by atoms with Gasteiger partial charge in [-0.25, -0.2) is 4.98 Å². The average Bonchev–Trinajstić information content (AvgIpc) is 3.49. The number of carbonyl (C=O) groups is 1. The molecule has 3 saturated heterocycles. The van der Waals surface area contributed by atoms with Crippen molar-refractivity contribution in [1.29, 1.82) is 0 Å². The minimum Gasteiger partial charge on any atom is -0.377 e. The first-order valence-corrected chi connectivity index (χ1v) is 12.5. The van der Waals surface area contributed by atoms with Gasteiger partial charge in [-0.2, -0.15) is 0 Å². The fourth-order valence-electron chi connectivity index (χ4n) is 5.14. The molecular weight excluding hydrogens is 480 g/mol. The fourth-order valence-corrected chi connectivity index (χ4v) is 6.11. The standard InChI is InChI=1S/C22H27BrN4O3S/c23-20-5-1-3-17(25-20)11-29-10-16-8-27(21(28)19-7-24-15-31-19)14-22(16)12-26(13-22)9-18-4-2-6-30-18/h1,3,5,7,15-16,18H,2,4,6,8-14H2/t16-,18?/m0/s1. The maximum Gasteiger partial charge on any atom is 0.265 e. The number of halogens is 1. The molecule has 5 heterocycles. The molecule has 2 atom stereocenters. The Balaban J connectivity index is 1.22. The molecule has 5 rings (SSSR count). The maximum atomic E-state index is 13.0. The summed E-state index contributed by atoms with van der Waals surface area (Å²) in [6.45, 7) is 6.53. The van der Waals surface area contributed by atoms with Crippen LogP contribution in [0, 0.1) is 11.3 Å². The summed E-state index contributed by atoms with van der Waals surface area (Å²) in [4.78, 5) is 26.7. The van der Waals surface area contributed by atoms with Gasteiger partial charge < -0.3 is 14.4 Å². The number of amides is 1. The van der Waals surface area contributed by atoms with Gasteiger partial charge in [0.1, 0.15) is 9.48 Å². The molecule has 9 heteroatoms. The van der Waals surface area contributed by atoms with Crippen LogP contribution in [0.5, 0.6) is 0 Å². The highest BCUT2D eigenvalue weighted by Gasteiger charge is 2.55. The molecule has 0 bridgehead atoms. The third-order valence-electron chi connectivity index (χ3n) is 6.65. The lowest BCUT2D eigenvalue weighted by Crippen LogP contribution is -2.62. The molecule has 0 N–H and O–H groups in total. The van der Waals surface area contributed by atoms with Gasteiger partial charge in [-0.05, 0) is 40.9 Å². The van der Waals surface area contributed by atoms with Crippen molar-refractivity contribution in [2.24, 2.45) is 11.3 Å². The molecule has 166 valence electrons. The lowest BCUT2D eigenvalue weighted by molar-refractivity contribution is -0.0679. The molecule has 31 heavy (non-hydrogen) atoms. The van der Waals surface area contributed by atoms with Crippen LogP contribution in [-0.4, -0.2) is 77.7 Å². The van der Waals surface area contributed by atoms with E-state index in [1.54, 1.807) is 11.7 Å². The molecule has 0 radical (unpaired) electrons. The van der Waals surface area contributed by atoms with E-state index >= 15 is 0 Å². The summed E-state index contributed by atoms with van der Waals surface area (Å²) in [6.07, 6.45) is 4.37. The number of rotatable bonds is 7. The summed E-state index contributed by atoms with van der Waals surface area (Å²) in [6, 6.07) is 5.86. The van der Waals surface area contributed by atoms with Crippen molar-refractivity contribution in [2.45, 2.75) is 25.6 Å². The van der Waals surface area contributed by atoms with Gasteiger partial charge in [-0.1, -0.05) is 6.07 Å². The number of likely N-dealkylation sites (tertiary alicyclic amines) is 2. The summed E-state index contributed by atoms with van der Waals surface area (Å²) in [7, 11) is 0. The molecule has 2 aromatic rings. The largest absolute Gasteiger partial charge is 0.377 e. The van der Waals surface area contributed by atoms with Gasteiger partial charge in [0.2, 0.25) is 0 Å². The highest BCUT2D eigenvalue weighted by molar-refractivity contribution is 9.10. The van der Waals surface area contributed by atoms with Gasteiger partial charge in [0.15, 0.2) is 0 Å². The summed E-state index contributed by atoms with van der Waals surface area (Å²) in [5.74, 6) is 0.410. The van der Waals surface area contributed by atoms with E-state index in [0.29, 0.717) is 30.1 Å². The number of hydrogen-bond acceptors (Lipinski definition) is 7. The van der Waals surface area contributed by atoms with Crippen molar-refractivity contribution in [3.8, 4) is 0 Å². The molecule has 2 aromatic heterocycles. The Hall–Kier alpha value is -1.39. The summed E-state index contributed by atoms with van der Waals surface area (Å²) < 4.78 is 12.7. The second-order valence-electron chi connectivity index (χ2n) is 8.88. The zero-order chi connectivity index (χ0) is 21.3. The van der Waals surface area contributed by atoms with Crippen LogP contribution in [0.4, 0.5) is 0 Å². The summed E-state index contributed by atoms with van der Waals surface area (Å²) >= 11 is 4.82. The highest BCUT2D eigenvalue weighted by atomic mass is 79.9. The van der Waals surface area contributed by atoms with Crippen molar-refractivity contribution < 1.29 is 14.3 Å². The van der Waals surface area contributed by atoms with Crippen LogP contribution in [0.2, 0.25) is 0 Å². The number of hydrogen-bond donors (Lipinski definition) is 0. The second kappa shape index (κ2) is 9.23. The van der Waals surface area contributed by atoms with E-state index in [4.69, 9.17) is 9.47 Å². The smallest absolute Gasteiger partial charge is 0.265 e.